The van der Waals surface area contributed by atoms with Gasteiger partial charge in [0.15, 0.2) is 10.1 Å². The van der Waals surface area contributed by atoms with E-state index in [0.29, 0.717) is 17.0 Å². The summed E-state index contributed by atoms with van der Waals surface area (Å²) in [7, 11) is 0. The zero-order valence-electron chi connectivity index (χ0n) is 13.5. The van der Waals surface area contributed by atoms with E-state index in [4.69, 9.17) is 4.42 Å². The first-order valence-corrected chi connectivity index (χ1v) is 10.1. The van der Waals surface area contributed by atoms with Crippen LogP contribution in [0.2, 0.25) is 0 Å². The average Bonchev–Trinajstić information content (AvgIpc) is 3.25. The molecule has 0 aliphatic heterocycles. The number of carbonyl (C=O) groups excluding carboxylic acids is 1. The molecule has 8 heteroatoms. The fourth-order valence-corrected chi connectivity index (χ4v) is 4.32. The lowest BCUT2D eigenvalue weighted by Gasteiger charge is -2.05. The van der Waals surface area contributed by atoms with E-state index < -0.39 is 0 Å². The molecule has 130 valence electrons. The zero-order chi connectivity index (χ0) is 18.1. The third kappa shape index (κ3) is 3.53. The molecule has 0 spiro atoms. The second-order valence-corrected chi connectivity index (χ2v) is 8.55. The van der Waals surface area contributed by atoms with Gasteiger partial charge in [-0.15, -0.1) is 10.2 Å². The summed E-state index contributed by atoms with van der Waals surface area (Å²) in [5.74, 6) is 0.0600. The summed E-state index contributed by atoms with van der Waals surface area (Å²) < 4.78 is 7.56. The fraction of sp³-hybridized carbons (Fsp3) is 0.0556. The van der Waals surface area contributed by atoms with Crippen molar-refractivity contribution in [2.75, 3.05) is 5.32 Å². The molecule has 0 saturated heterocycles. The Morgan fingerprint density at radius 2 is 2.04 bits per heavy atom. The van der Waals surface area contributed by atoms with Gasteiger partial charge in [-0.2, -0.15) is 0 Å². The Kier molecular flexibility index (Phi) is 4.80. The van der Waals surface area contributed by atoms with Crippen LogP contribution in [0.4, 0.5) is 5.69 Å². The first-order chi connectivity index (χ1) is 12.6. The van der Waals surface area contributed by atoms with Crippen LogP contribution >= 0.6 is 39.0 Å². The first-order valence-electron chi connectivity index (χ1n) is 7.64. The minimum Gasteiger partial charge on any atom is -0.451 e. The lowest BCUT2D eigenvalue weighted by Crippen LogP contribution is -2.11. The van der Waals surface area contributed by atoms with E-state index in [9.17, 15) is 4.79 Å². The van der Waals surface area contributed by atoms with Crippen LogP contribution in [-0.4, -0.2) is 16.1 Å². The number of hydrogen-bond acceptors (Lipinski definition) is 6. The van der Waals surface area contributed by atoms with Crippen molar-refractivity contribution in [3.8, 4) is 0 Å². The molecule has 4 rings (SSSR count). The Bertz CT molecular complexity index is 1080. The quantitative estimate of drug-likeness (QED) is 0.432. The summed E-state index contributed by atoms with van der Waals surface area (Å²) >= 11 is 6.47. The number of fused-ring (bicyclic) bond motifs is 1. The number of hydrogen-bond donors (Lipinski definition) is 1. The molecule has 0 unspecified atom stereocenters. The molecule has 0 fully saturated rings. The molecule has 0 saturated carbocycles. The van der Waals surface area contributed by atoms with Gasteiger partial charge in [-0.3, -0.25) is 4.79 Å². The van der Waals surface area contributed by atoms with Crippen molar-refractivity contribution in [1.29, 1.82) is 0 Å². The summed E-state index contributed by atoms with van der Waals surface area (Å²) in [4.78, 5) is 13.6. The molecule has 0 bridgehead atoms. The van der Waals surface area contributed by atoms with E-state index in [1.807, 2.05) is 49.4 Å². The highest BCUT2D eigenvalue weighted by Gasteiger charge is 2.18. The molecular formula is C18H12BrN3O2S2. The maximum absolute atomic E-state index is 12.6. The molecule has 0 aliphatic rings. The summed E-state index contributed by atoms with van der Waals surface area (Å²) in [5, 5.41) is 11.6. The molecule has 2 aromatic heterocycles. The number of furan rings is 1. The number of anilines is 1. The van der Waals surface area contributed by atoms with Crippen LogP contribution in [0, 0.1) is 6.92 Å². The van der Waals surface area contributed by atoms with Gasteiger partial charge in [-0.05, 0) is 49.4 Å². The molecule has 0 atom stereocenters. The lowest BCUT2D eigenvalue weighted by molar-refractivity contribution is 0.0998. The maximum Gasteiger partial charge on any atom is 0.291 e. The number of amides is 1. The molecule has 0 aliphatic carbocycles. The zero-order valence-corrected chi connectivity index (χ0v) is 16.7. The van der Waals surface area contributed by atoms with Crippen LogP contribution in [0.3, 0.4) is 0 Å². The number of benzene rings is 2. The number of nitrogens with zero attached hydrogens (tertiary/aromatic N) is 2. The van der Waals surface area contributed by atoms with E-state index >= 15 is 0 Å². The highest BCUT2D eigenvalue weighted by atomic mass is 79.9. The Balaban J connectivity index is 1.52. The predicted octanol–water partition coefficient (Wildman–Crippen LogP) is 5.76. The second kappa shape index (κ2) is 7.22. The summed E-state index contributed by atoms with van der Waals surface area (Å²) in [6.45, 7) is 1.88. The molecule has 5 nitrogen and oxygen atoms in total. The maximum atomic E-state index is 12.6. The summed E-state index contributed by atoms with van der Waals surface area (Å²) in [5.41, 5.74) is 3.92. The number of aromatic nitrogens is 2. The first kappa shape index (κ1) is 17.3. The van der Waals surface area contributed by atoms with E-state index in [2.05, 4.69) is 31.4 Å². The minimum absolute atomic E-state index is 0.264. The van der Waals surface area contributed by atoms with Gasteiger partial charge in [0, 0.05) is 26.0 Å². The van der Waals surface area contributed by atoms with Gasteiger partial charge < -0.3 is 9.73 Å². The largest absolute Gasteiger partial charge is 0.451 e. The van der Waals surface area contributed by atoms with Crippen LogP contribution in [0.1, 0.15) is 16.1 Å². The highest BCUT2D eigenvalue weighted by molar-refractivity contribution is 9.10. The number of carbonyl (C=O) groups is 1. The van der Waals surface area contributed by atoms with Gasteiger partial charge in [0.05, 0.1) is 0 Å². The van der Waals surface area contributed by atoms with Crippen molar-refractivity contribution in [2.24, 2.45) is 0 Å². The fourth-order valence-electron chi connectivity index (χ4n) is 2.51. The van der Waals surface area contributed by atoms with Crippen molar-refractivity contribution in [1.82, 2.24) is 10.2 Å². The van der Waals surface area contributed by atoms with Crippen LogP contribution in [0.15, 0.2) is 66.1 Å². The van der Waals surface area contributed by atoms with Crippen molar-refractivity contribution in [2.45, 2.75) is 16.2 Å². The molecule has 4 aromatic rings. The molecule has 26 heavy (non-hydrogen) atoms. The minimum atomic E-state index is -0.264. The third-order valence-corrected chi connectivity index (χ3v) is 6.04. The topological polar surface area (TPSA) is 68.0 Å². The highest BCUT2D eigenvalue weighted by Crippen LogP contribution is 2.30. The van der Waals surface area contributed by atoms with Gasteiger partial charge in [0.25, 0.3) is 5.91 Å². The number of halogens is 1. The standard InChI is InChI=1S/C18H12BrN3O2S2/c1-10-14-8-11(19)2-7-15(14)24-16(10)17(23)21-12-3-5-13(6-4-12)26-18-22-20-9-25-18/h2-9H,1H3,(H,21,23). The Hall–Kier alpha value is -2.16. The average molecular weight is 446 g/mol. The Labute approximate surface area is 166 Å². The van der Waals surface area contributed by atoms with E-state index in [1.54, 1.807) is 5.51 Å². The van der Waals surface area contributed by atoms with Crippen LogP contribution in [0.25, 0.3) is 11.0 Å². The van der Waals surface area contributed by atoms with Gasteiger partial charge in [0.2, 0.25) is 0 Å². The van der Waals surface area contributed by atoms with Crippen molar-refractivity contribution >= 4 is 61.6 Å². The molecule has 2 heterocycles. The van der Waals surface area contributed by atoms with Gasteiger partial charge in [-0.25, -0.2) is 0 Å². The van der Waals surface area contributed by atoms with E-state index in [0.717, 1.165) is 24.7 Å². The van der Waals surface area contributed by atoms with Gasteiger partial charge in [-0.1, -0.05) is 39.0 Å². The molecule has 1 N–H and O–H groups in total. The molecule has 0 radical (unpaired) electrons. The SMILES string of the molecule is Cc1c(C(=O)Nc2ccc(Sc3nncs3)cc2)oc2ccc(Br)cc12. The van der Waals surface area contributed by atoms with E-state index in [1.165, 1.54) is 23.1 Å². The van der Waals surface area contributed by atoms with Gasteiger partial charge >= 0.3 is 0 Å². The number of aryl methyl sites for hydroxylation is 1. The second-order valence-electron chi connectivity index (χ2n) is 5.48. The monoisotopic (exact) mass is 445 g/mol. The van der Waals surface area contributed by atoms with Crippen LogP contribution in [-0.2, 0) is 0 Å². The number of rotatable bonds is 4. The predicted molar refractivity (Wildman–Crippen MR) is 107 cm³/mol. The van der Waals surface area contributed by atoms with Crippen molar-refractivity contribution in [3.63, 3.8) is 0 Å². The van der Waals surface area contributed by atoms with Crippen molar-refractivity contribution in [3.05, 3.63) is 63.8 Å². The van der Waals surface area contributed by atoms with Gasteiger partial charge in [0.1, 0.15) is 11.1 Å². The normalized spacial score (nSPS) is 11.0. The Morgan fingerprint density at radius 3 is 2.77 bits per heavy atom. The Morgan fingerprint density at radius 1 is 1.23 bits per heavy atom. The van der Waals surface area contributed by atoms with Crippen LogP contribution < -0.4 is 5.32 Å². The number of nitrogens with one attached hydrogen (secondary N) is 1. The molecular weight excluding hydrogens is 434 g/mol. The summed E-state index contributed by atoms with van der Waals surface area (Å²) in [6.07, 6.45) is 0. The van der Waals surface area contributed by atoms with Crippen molar-refractivity contribution < 1.29 is 9.21 Å². The molecule has 2 aromatic carbocycles. The molecule has 1 amide bonds. The van der Waals surface area contributed by atoms with E-state index in [-0.39, 0.29) is 5.91 Å². The smallest absolute Gasteiger partial charge is 0.291 e. The third-order valence-electron chi connectivity index (χ3n) is 3.76. The lowest BCUT2D eigenvalue weighted by atomic mass is 10.1. The summed E-state index contributed by atoms with van der Waals surface area (Å²) in [6, 6.07) is 13.3. The van der Waals surface area contributed by atoms with Crippen LogP contribution in [0.5, 0.6) is 0 Å².